The van der Waals surface area contributed by atoms with Crippen LogP contribution in [0.25, 0.3) is 0 Å². The molecular weight excluding hydrogens is 370 g/mol. The highest BCUT2D eigenvalue weighted by Crippen LogP contribution is 2.26. The van der Waals surface area contributed by atoms with E-state index in [4.69, 9.17) is 9.47 Å². The standard InChI is InChI=1S/C21H31N5O3/c1-5-25(6-2)21(27)20-15-26(23-22-20)17-8-7-9-24(14-17)13-16-10-18(28-3)12-19(11-16)29-4/h10-12,15,17H,5-9,13-14H2,1-4H3/t17-/m1/s1. The minimum absolute atomic E-state index is 0.0580. The lowest BCUT2D eigenvalue weighted by Gasteiger charge is -2.32. The van der Waals surface area contributed by atoms with Crippen molar-refractivity contribution in [2.45, 2.75) is 39.3 Å². The second kappa shape index (κ2) is 9.73. The van der Waals surface area contributed by atoms with Crippen LogP contribution in [0.1, 0.15) is 48.8 Å². The first-order valence-corrected chi connectivity index (χ1v) is 10.2. The first kappa shape index (κ1) is 21.1. The quantitative estimate of drug-likeness (QED) is 0.677. The van der Waals surface area contributed by atoms with Gasteiger partial charge in [0.1, 0.15) is 11.5 Å². The number of amides is 1. The molecule has 0 spiro atoms. The van der Waals surface area contributed by atoms with Gasteiger partial charge in [0.05, 0.1) is 26.5 Å². The molecule has 158 valence electrons. The number of likely N-dealkylation sites (tertiary alicyclic amines) is 1. The molecule has 1 atom stereocenters. The summed E-state index contributed by atoms with van der Waals surface area (Å²) in [5.74, 6) is 1.53. The fourth-order valence-corrected chi connectivity index (χ4v) is 3.83. The van der Waals surface area contributed by atoms with E-state index in [9.17, 15) is 4.79 Å². The summed E-state index contributed by atoms with van der Waals surface area (Å²) in [6.07, 6.45) is 3.90. The zero-order valence-electron chi connectivity index (χ0n) is 17.8. The molecule has 1 aromatic carbocycles. The van der Waals surface area contributed by atoms with E-state index in [1.807, 2.05) is 36.7 Å². The number of hydrogen-bond acceptors (Lipinski definition) is 6. The van der Waals surface area contributed by atoms with Gasteiger partial charge in [-0.25, -0.2) is 4.68 Å². The van der Waals surface area contributed by atoms with E-state index in [0.29, 0.717) is 18.8 Å². The Hall–Kier alpha value is -2.61. The molecule has 1 saturated heterocycles. The van der Waals surface area contributed by atoms with Gasteiger partial charge < -0.3 is 14.4 Å². The van der Waals surface area contributed by atoms with Crippen LogP contribution in [-0.4, -0.2) is 71.1 Å². The molecule has 0 unspecified atom stereocenters. The van der Waals surface area contributed by atoms with Crippen molar-refractivity contribution in [1.82, 2.24) is 24.8 Å². The number of carbonyl (C=O) groups is 1. The van der Waals surface area contributed by atoms with Crippen molar-refractivity contribution < 1.29 is 14.3 Å². The Morgan fingerprint density at radius 3 is 2.48 bits per heavy atom. The van der Waals surface area contributed by atoms with Gasteiger partial charge in [-0.15, -0.1) is 5.10 Å². The number of methoxy groups -OCH3 is 2. The Kier molecular flexibility index (Phi) is 7.09. The molecule has 0 radical (unpaired) electrons. The zero-order valence-corrected chi connectivity index (χ0v) is 17.8. The minimum Gasteiger partial charge on any atom is -0.497 e. The Morgan fingerprint density at radius 2 is 1.86 bits per heavy atom. The van der Waals surface area contributed by atoms with Crippen molar-refractivity contribution in [1.29, 1.82) is 0 Å². The Labute approximate surface area is 172 Å². The van der Waals surface area contributed by atoms with E-state index in [2.05, 4.69) is 15.2 Å². The van der Waals surface area contributed by atoms with E-state index in [0.717, 1.165) is 49.5 Å². The SMILES string of the molecule is CCN(CC)C(=O)c1cn([C@@H]2CCCN(Cc3cc(OC)cc(OC)c3)C2)nn1. The highest BCUT2D eigenvalue weighted by atomic mass is 16.5. The maximum absolute atomic E-state index is 12.5. The number of rotatable bonds is 8. The molecule has 8 heteroatoms. The number of aromatic nitrogens is 3. The summed E-state index contributed by atoms with van der Waals surface area (Å²) in [5.41, 5.74) is 1.57. The number of piperidine rings is 1. The second-order valence-electron chi connectivity index (χ2n) is 7.31. The van der Waals surface area contributed by atoms with Gasteiger partial charge in [0.15, 0.2) is 5.69 Å². The fourth-order valence-electron chi connectivity index (χ4n) is 3.83. The number of hydrogen-bond donors (Lipinski definition) is 0. The molecule has 0 aliphatic carbocycles. The molecule has 1 aromatic heterocycles. The average molecular weight is 402 g/mol. The number of carbonyl (C=O) groups excluding carboxylic acids is 1. The third-order valence-corrected chi connectivity index (χ3v) is 5.45. The van der Waals surface area contributed by atoms with Crippen molar-refractivity contribution in [3.05, 3.63) is 35.7 Å². The molecule has 1 amide bonds. The zero-order chi connectivity index (χ0) is 20.8. The molecule has 2 heterocycles. The van der Waals surface area contributed by atoms with Gasteiger partial charge >= 0.3 is 0 Å². The van der Waals surface area contributed by atoms with Crippen LogP contribution < -0.4 is 9.47 Å². The molecule has 2 aromatic rings. The summed E-state index contributed by atoms with van der Waals surface area (Å²) in [7, 11) is 3.33. The van der Waals surface area contributed by atoms with Crippen LogP contribution in [0.5, 0.6) is 11.5 Å². The highest BCUT2D eigenvalue weighted by Gasteiger charge is 2.24. The van der Waals surface area contributed by atoms with Crippen LogP contribution in [0.2, 0.25) is 0 Å². The monoisotopic (exact) mass is 401 g/mol. The third-order valence-electron chi connectivity index (χ3n) is 5.45. The number of ether oxygens (including phenoxy) is 2. The van der Waals surface area contributed by atoms with Crippen LogP contribution in [0.3, 0.4) is 0 Å². The normalized spacial score (nSPS) is 17.2. The summed E-state index contributed by atoms with van der Waals surface area (Å²) in [5, 5.41) is 8.39. The van der Waals surface area contributed by atoms with Crippen molar-refractivity contribution in [2.24, 2.45) is 0 Å². The predicted molar refractivity (Wildman–Crippen MR) is 110 cm³/mol. The lowest BCUT2D eigenvalue weighted by molar-refractivity contribution is 0.0767. The molecule has 0 bridgehead atoms. The van der Waals surface area contributed by atoms with Crippen molar-refractivity contribution in [3.63, 3.8) is 0 Å². The van der Waals surface area contributed by atoms with Crippen LogP contribution in [-0.2, 0) is 6.54 Å². The van der Waals surface area contributed by atoms with Gasteiger partial charge in [0.2, 0.25) is 0 Å². The topological polar surface area (TPSA) is 72.7 Å². The van der Waals surface area contributed by atoms with Crippen LogP contribution >= 0.6 is 0 Å². The van der Waals surface area contributed by atoms with E-state index >= 15 is 0 Å². The maximum Gasteiger partial charge on any atom is 0.276 e. The first-order valence-electron chi connectivity index (χ1n) is 10.2. The Balaban J connectivity index is 1.68. The van der Waals surface area contributed by atoms with E-state index in [1.54, 1.807) is 25.3 Å². The molecule has 8 nitrogen and oxygen atoms in total. The fraction of sp³-hybridized carbons (Fsp3) is 0.571. The van der Waals surface area contributed by atoms with E-state index in [1.165, 1.54) is 0 Å². The third kappa shape index (κ3) is 5.06. The van der Waals surface area contributed by atoms with Gasteiger partial charge in [-0.1, -0.05) is 5.21 Å². The molecule has 1 fully saturated rings. The Morgan fingerprint density at radius 1 is 1.17 bits per heavy atom. The maximum atomic E-state index is 12.5. The van der Waals surface area contributed by atoms with E-state index in [-0.39, 0.29) is 11.9 Å². The first-order chi connectivity index (χ1) is 14.1. The molecule has 1 aliphatic rings. The van der Waals surface area contributed by atoms with Gasteiger partial charge in [-0.05, 0) is 50.9 Å². The summed E-state index contributed by atoms with van der Waals surface area (Å²) < 4.78 is 12.6. The molecular formula is C21H31N5O3. The smallest absolute Gasteiger partial charge is 0.276 e. The highest BCUT2D eigenvalue weighted by molar-refractivity contribution is 5.91. The molecule has 3 rings (SSSR count). The van der Waals surface area contributed by atoms with E-state index < -0.39 is 0 Å². The van der Waals surface area contributed by atoms with Gasteiger partial charge in [0.25, 0.3) is 5.91 Å². The second-order valence-corrected chi connectivity index (χ2v) is 7.31. The Bertz CT molecular complexity index is 796. The molecule has 1 aliphatic heterocycles. The van der Waals surface area contributed by atoms with Crippen molar-refractivity contribution in [3.8, 4) is 11.5 Å². The van der Waals surface area contributed by atoms with Gasteiger partial charge in [0, 0.05) is 32.2 Å². The van der Waals surface area contributed by atoms with Crippen molar-refractivity contribution >= 4 is 5.91 Å². The molecule has 0 saturated carbocycles. The number of nitrogens with zero attached hydrogens (tertiary/aromatic N) is 5. The lowest BCUT2D eigenvalue weighted by Crippen LogP contribution is -2.36. The van der Waals surface area contributed by atoms with Gasteiger partial charge in [-0.2, -0.15) is 0 Å². The number of benzene rings is 1. The summed E-state index contributed by atoms with van der Waals surface area (Å²) in [6, 6.07) is 6.18. The largest absolute Gasteiger partial charge is 0.497 e. The summed E-state index contributed by atoms with van der Waals surface area (Å²) in [4.78, 5) is 16.7. The van der Waals surface area contributed by atoms with Gasteiger partial charge in [-0.3, -0.25) is 9.69 Å². The van der Waals surface area contributed by atoms with Crippen LogP contribution in [0, 0.1) is 0 Å². The van der Waals surface area contributed by atoms with Crippen LogP contribution in [0.15, 0.2) is 24.4 Å². The predicted octanol–water partition coefficient (Wildman–Crippen LogP) is 2.61. The van der Waals surface area contributed by atoms with Crippen LogP contribution in [0.4, 0.5) is 0 Å². The minimum atomic E-state index is -0.0580. The lowest BCUT2D eigenvalue weighted by atomic mass is 10.0. The average Bonchev–Trinajstić information content (AvgIpc) is 3.24. The van der Waals surface area contributed by atoms with Crippen molar-refractivity contribution in [2.75, 3.05) is 40.4 Å². The molecule has 29 heavy (non-hydrogen) atoms. The molecule has 0 N–H and O–H groups in total. The summed E-state index contributed by atoms with van der Waals surface area (Å²) >= 11 is 0. The summed E-state index contributed by atoms with van der Waals surface area (Å²) in [6.45, 7) is 7.98.